The molecule has 0 saturated heterocycles. The van der Waals surface area contributed by atoms with E-state index in [0.717, 1.165) is 29.1 Å². The molecule has 0 N–H and O–H groups in total. The van der Waals surface area contributed by atoms with Crippen LogP contribution in [-0.4, -0.2) is 25.5 Å². The van der Waals surface area contributed by atoms with E-state index >= 15 is 0 Å². The maximum absolute atomic E-state index is 11.5. The van der Waals surface area contributed by atoms with Gasteiger partial charge in [-0.1, -0.05) is 96.5 Å². The van der Waals surface area contributed by atoms with E-state index in [-0.39, 0.29) is 5.78 Å². The summed E-state index contributed by atoms with van der Waals surface area (Å²) in [7, 11) is 1.29. The van der Waals surface area contributed by atoms with Crippen LogP contribution < -0.4 is 4.74 Å². The van der Waals surface area contributed by atoms with E-state index in [1.165, 1.54) is 26.9 Å². The summed E-state index contributed by atoms with van der Waals surface area (Å²) in [6.45, 7) is 20.2. The molecule has 0 aliphatic carbocycles. The predicted molar refractivity (Wildman–Crippen MR) is 160 cm³/mol. The second kappa shape index (κ2) is 24.0. The first-order chi connectivity index (χ1) is 18.2. The summed E-state index contributed by atoms with van der Waals surface area (Å²) >= 11 is 0. The van der Waals surface area contributed by atoms with Crippen LogP contribution in [0.4, 0.5) is 0 Å². The summed E-state index contributed by atoms with van der Waals surface area (Å²) in [6, 6.07) is 17.3. The van der Waals surface area contributed by atoms with E-state index in [2.05, 4.69) is 25.2 Å². The molecule has 0 aromatic heterocycles. The maximum Gasteiger partial charge on any atom is 0.316 e. The lowest BCUT2D eigenvalue weighted by Gasteiger charge is -2.12. The van der Waals surface area contributed by atoms with Crippen LogP contribution in [0.3, 0.4) is 0 Å². The van der Waals surface area contributed by atoms with Crippen LogP contribution in [0.5, 0.6) is 5.75 Å². The van der Waals surface area contributed by atoms with Gasteiger partial charge in [-0.15, -0.1) is 0 Å². The van der Waals surface area contributed by atoms with Gasteiger partial charge in [-0.2, -0.15) is 0 Å². The molecule has 2 aromatic carbocycles. The zero-order valence-corrected chi connectivity index (χ0v) is 25.1. The van der Waals surface area contributed by atoms with Gasteiger partial charge in [0.25, 0.3) is 0 Å². The molecule has 0 aliphatic heterocycles. The Morgan fingerprint density at radius 1 is 0.895 bits per heavy atom. The fraction of sp³-hybridized carbons (Fsp3) is 0.455. The summed E-state index contributed by atoms with van der Waals surface area (Å²) in [5, 5.41) is 0. The minimum absolute atomic E-state index is 0.182. The molecule has 5 heteroatoms. The number of Topliss-reactive ketones (excluding diaryl/α,β-unsaturated/α-hetero) is 1. The van der Waals surface area contributed by atoms with Crippen molar-refractivity contribution >= 4 is 17.5 Å². The molecule has 0 bridgehead atoms. The normalized spacial score (nSPS) is 10.6. The number of hydrogen-bond donors (Lipinski definition) is 0. The minimum Gasteiger partial charge on any atom is -0.494 e. The number of carbonyl (C=O) groups excluding carboxylic acids is 2. The van der Waals surface area contributed by atoms with Crippen LogP contribution in [0.25, 0.3) is 5.76 Å². The zero-order valence-electron chi connectivity index (χ0n) is 25.1. The molecule has 5 nitrogen and oxygen atoms in total. The van der Waals surface area contributed by atoms with Gasteiger partial charge in [0.2, 0.25) is 0 Å². The van der Waals surface area contributed by atoms with Gasteiger partial charge in [0.15, 0.2) is 0 Å². The smallest absolute Gasteiger partial charge is 0.316 e. The van der Waals surface area contributed by atoms with Crippen molar-refractivity contribution in [2.75, 3.05) is 13.7 Å². The lowest BCUT2D eigenvalue weighted by molar-refractivity contribution is -0.148. The SMILES string of the molecule is C=C(O/C(C)=C\C)c1ccccc1.CC.CCCC.CCCOc1ccc(CC(C(C)=O)C(=O)OC)cc1. The Balaban J connectivity index is 0. The van der Waals surface area contributed by atoms with Crippen molar-refractivity contribution in [3.63, 3.8) is 0 Å². The number of allylic oxidation sites excluding steroid dienone is 2. The average Bonchev–Trinajstić information content (AvgIpc) is 2.96. The van der Waals surface area contributed by atoms with Crippen molar-refractivity contribution in [1.29, 1.82) is 0 Å². The highest BCUT2D eigenvalue weighted by atomic mass is 16.5. The third kappa shape index (κ3) is 17.2. The second-order valence-corrected chi connectivity index (χ2v) is 8.17. The van der Waals surface area contributed by atoms with Crippen LogP contribution in [-0.2, 0) is 25.5 Å². The monoisotopic (exact) mass is 526 g/mol. The first kappa shape index (κ1) is 36.8. The number of hydrogen-bond acceptors (Lipinski definition) is 5. The van der Waals surface area contributed by atoms with Gasteiger partial charge in [0.05, 0.1) is 19.5 Å². The number of benzene rings is 2. The highest BCUT2D eigenvalue weighted by Crippen LogP contribution is 2.17. The molecule has 0 aliphatic rings. The average molecular weight is 527 g/mol. The Morgan fingerprint density at radius 2 is 1.45 bits per heavy atom. The van der Waals surface area contributed by atoms with Crippen LogP contribution in [0.1, 0.15) is 85.8 Å². The van der Waals surface area contributed by atoms with Crippen LogP contribution >= 0.6 is 0 Å². The Bertz CT molecular complexity index is 912. The zero-order chi connectivity index (χ0) is 29.3. The Kier molecular flexibility index (Phi) is 23.3. The quantitative estimate of drug-likeness (QED) is 0.166. The van der Waals surface area contributed by atoms with Crippen molar-refractivity contribution < 1.29 is 23.8 Å². The van der Waals surface area contributed by atoms with Crippen LogP contribution in [0.2, 0.25) is 0 Å². The van der Waals surface area contributed by atoms with Crippen molar-refractivity contribution in [2.24, 2.45) is 5.92 Å². The van der Waals surface area contributed by atoms with Crippen molar-refractivity contribution in [2.45, 2.75) is 81.1 Å². The fourth-order valence-electron chi connectivity index (χ4n) is 2.65. The number of esters is 1. The summed E-state index contributed by atoms with van der Waals surface area (Å²) in [6.07, 6.45) is 5.86. The van der Waals surface area contributed by atoms with Crippen molar-refractivity contribution in [1.82, 2.24) is 0 Å². The topological polar surface area (TPSA) is 61.8 Å². The number of ether oxygens (including phenoxy) is 3. The van der Waals surface area contributed by atoms with E-state index < -0.39 is 11.9 Å². The van der Waals surface area contributed by atoms with Gasteiger partial charge in [0.1, 0.15) is 23.2 Å². The number of rotatable bonds is 11. The van der Waals surface area contributed by atoms with Gasteiger partial charge in [-0.3, -0.25) is 9.59 Å². The number of ketones is 1. The van der Waals surface area contributed by atoms with Gasteiger partial charge >= 0.3 is 5.97 Å². The Hall–Kier alpha value is -3.34. The fourth-order valence-corrected chi connectivity index (χ4v) is 2.65. The largest absolute Gasteiger partial charge is 0.494 e. The van der Waals surface area contributed by atoms with Gasteiger partial charge in [-0.05, 0) is 57.4 Å². The van der Waals surface area contributed by atoms with E-state index in [0.29, 0.717) is 18.8 Å². The molecule has 0 fully saturated rings. The number of carbonyl (C=O) groups is 2. The summed E-state index contributed by atoms with van der Waals surface area (Å²) in [5.41, 5.74) is 1.93. The molecule has 0 amide bonds. The number of unbranched alkanes of at least 4 members (excludes halogenated alkanes) is 1. The maximum atomic E-state index is 11.5. The molecule has 0 radical (unpaired) electrons. The van der Waals surface area contributed by atoms with E-state index in [1.54, 1.807) is 0 Å². The molecular weight excluding hydrogens is 476 g/mol. The molecule has 38 heavy (non-hydrogen) atoms. The molecule has 2 aromatic rings. The van der Waals surface area contributed by atoms with Crippen LogP contribution in [0.15, 0.2) is 73.0 Å². The molecule has 1 unspecified atom stereocenters. The number of methoxy groups -OCH3 is 1. The Morgan fingerprint density at radius 3 is 1.87 bits per heavy atom. The second-order valence-electron chi connectivity index (χ2n) is 8.17. The third-order valence-corrected chi connectivity index (χ3v) is 5.10. The molecule has 0 heterocycles. The minimum atomic E-state index is -0.729. The summed E-state index contributed by atoms with van der Waals surface area (Å²) in [5.74, 6) is 0.956. The first-order valence-electron chi connectivity index (χ1n) is 13.6. The highest BCUT2D eigenvalue weighted by Gasteiger charge is 2.24. The molecule has 0 saturated carbocycles. The summed E-state index contributed by atoms with van der Waals surface area (Å²) < 4.78 is 15.6. The summed E-state index contributed by atoms with van der Waals surface area (Å²) in [4.78, 5) is 22.9. The molecule has 0 spiro atoms. The molecule has 212 valence electrons. The lowest BCUT2D eigenvalue weighted by atomic mass is 9.96. The predicted octanol–water partition coefficient (Wildman–Crippen LogP) is 8.83. The first-order valence-corrected chi connectivity index (χ1v) is 13.6. The van der Waals surface area contributed by atoms with Gasteiger partial charge < -0.3 is 14.2 Å². The van der Waals surface area contributed by atoms with E-state index in [1.807, 2.05) is 95.3 Å². The highest BCUT2D eigenvalue weighted by molar-refractivity contribution is 5.97. The Labute approximate surface area is 231 Å². The standard InChI is InChI=1S/C15H20O4.C12H14O.C4H10.C2H6/c1-4-9-19-13-7-5-12(6-8-13)10-14(11(2)16)15(17)18-3;1-4-10(2)13-11(3)12-8-6-5-7-9-12;1-3-4-2;1-2/h5-8,14H,4,9-10H2,1-3H3;4-9H,3H2,1-2H3;3-4H2,1-2H3;1-2H3/b;10-4-;;. The van der Waals surface area contributed by atoms with Gasteiger partial charge in [-0.25, -0.2) is 0 Å². The molecular formula is C33H50O5. The van der Waals surface area contributed by atoms with Gasteiger partial charge in [0, 0.05) is 5.56 Å². The lowest BCUT2D eigenvalue weighted by Crippen LogP contribution is -2.25. The third-order valence-electron chi connectivity index (χ3n) is 5.10. The van der Waals surface area contributed by atoms with E-state index in [4.69, 9.17) is 9.47 Å². The van der Waals surface area contributed by atoms with Crippen molar-refractivity contribution in [3.8, 4) is 5.75 Å². The molecule has 2 rings (SSSR count). The molecule has 1 atom stereocenters. The van der Waals surface area contributed by atoms with Crippen molar-refractivity contribution in [3.05, 3.63) is 84.1 Å². The van der Waals surface area contributed by atoms with E-state index in [9.17, 15) is 9.59 Å². The van der Waals surface area contributed by atoms with Crippen LogP contribution in [0, 0.1) is 5.92 Å².